The van der Waals surface area contributed by atoms with Crippen molar-refractivity contribution in [1.29, 1.82) is 0 Å². The molecule has 11 heteroatoms. The number of hydrogen-bond acceptors (Lipinski definition) is 11. The van der Waals surface area contributed by atoms with Crippen molar-refractivity contribution in [2.45, 2.75) is 130 Å². The minimum Gasteiger partial charge on any atom is -0.463 e. The van der Waals surface area contributed by atoms with Crippen LogP contribution < -0.4 is 0 Å². The highest BCUT2D eigenvalue weighted by Crippen LogP contribution is 2.14. The molecule has 0 saturated heterocycles. The Bertz CT molecular complexity index is 671. The maximum atomic E-state index is 11.9. The lowest BCUT2D eigenvalue weighted by Crippen LogP contribution is -2.15. The Morgan fingerprint density at radius 3 is 0.942 bits per heavy atom. The van der Waals surface area contributed by atoms with Gasteiger partial charge in [-0.15, -0.1) is 0 Å². The van der Waals surface area contributed by atoms with E-state index in [1.165, 1.54) is 83.5 Å². The van der Waals surface area contributed by atoms with Gasteiger partial charge in [-0.1, -0.05) is 117 Å². The predicted octanol–water partition coefficient (Wildman–Crippen LogP) is 7.99. The highest BCUT2D eigenvalue weighted by Gasteiger charge is 2.03. The summed E-state index contributed by atoms with van der Waals surface area (Å²) in [7, 11) is 0. The van der Waals surface area contributed by atoms with Crippen LogP contribution in [0.5, 0.6) is 0 Å². The fraction of sp³-hybridized carbons (Fsp3) is 0.976. The Morgan fingerprint density at radius 1 is 0.365 bits per heavy atom. The van der Waals surface area contributed by atoms with Gasteiger partial charge in [-0.25, -0.2) is 0 Å². The van der Waals surface area contributed by atoms with Gasteiger partial charge in [0.05, 0.1) is 112 Å². The number of hydrogen-bond donors (Lipinski definition) is 0. The van der Waals surface area contributed by atoms with E-state index in [2.05, 4.69) is 20.8 Å². The van der Waals surface area contributed by atoms with Crippen LogP contribution in [-0.2, 0) is 52.2 Å². The van der Waals surface area contributed by atoms with Gasteiger partial charge in [0.1, 0.15) is 6.61 Å². The number of esters is 1. The van der Waals surface area contributed by atoms with Gasteiger partial charge in [-0.2, -0.15) is 0 Å². The third kappa shape index (κ3) is 45.3. The molecule has 1 unspecified atom stereocenters. The van der Waals surface area contributed by atoms with E-state index in [4.69, 9.17) is 47.4 Å². The van der Waals surface area contributed by atoms with Crippen molar-refractivity contribution in [3.05, 3.63) is 0 Å². The minimum atomic E-state index is -0.127. The van der Waals surface area contributed by atoms with Crippen LogP contribution in [0.3, 0.4) is 0 Å². The fourth-order valence-electron chi connectivity index (χ4n) is 5.09. The standard InChI is InChI=1S/C41H82O11/c1-4-6-7-8-9-10-11-12-13-14-15-16-17-18-19-20-41(42)52-38-37-50-34-33-48-30-29-46-26-25-44-22-21-43-23-24-45-27-28-47-31-32-49-35-36-51-39-40(3)5-2/h40H,4-39H2,1-3H3. The molecular formula is C41H82O11. The van der Waals surface area contributed by atoms with E-state index in [1.807, 2.05) is 0 Å². The molecule has 0 amide bonds. The first-order chi connectivity index (χ1) is 25.7. The molecule has 0 N–H and O–H groups in total. The van der Waals surface area contributed by atoms with Crippen LogP contribution in [0.2, 0.25) is 0 Å². The molecule has 0 spiro atoms. The summed E-state index contributed by atoms with van der Waals surface area (Å²) in [5.74, 6) is 0.470. The zero-order chi connectivity index (χ0) is 37.7. The molecule has 0 aliphatic carbocycles. The van der Waals surface area contributed by atoms with Crippen molar-refractivity contribution in [2.75, 3.05) is 126 Å². The van der Waals surface area contributed by atoms with Gasteiger partial charge < -0.3 is 47.4 Å². The second-order valence-corrected chi connectivity index (χ2v) is 13.4. The van der Waals surface area contributed by atoms with E-state index in [0.717, 1.165) is 25.9 Å². The van der Waals surface area contributed by atoms with Crippen LogP contribution in [0.15, 0.2) is 0 Å². The zero-order valence-electron chi connectivity index (χ0n) is 34.0. The molecule has 11 nitrogen and oxygen atoms in total. The third-order valence-corrected chi connectivity index (χ3v) is 8.55. The van der Waals surface area contributed by atoms with Crippen LogP contribution in [0.25, 0.3) is 0 Å². The van der Waals surface area contributed by atoms with E-state index in [-0.39, 0.29) is 5.97 Å². The number of carbonyl (C=O) groups is 1. The quantitative estimate of drug-likeness (QED) is 0.0446. The Labute approximate surface area is 319 Å². The van der Waals surface area contributed by atoms with Gasteiger partial charge in [0.15, 0.2) is 0 Å². The fourth-order valence-corrected chi connectivity index (χ4v) is 5.09. The van der Waals surface area contributed by atoms with Gasteiger partial charge >= 0.3 is 5.97 Å². The Hall–Kier alpha value is -0.890. The average Bonchev–Trinajstić information content (AvgIpc) is 3.15. The van der Waals surface area contributed by atoms with Crippen molar-refractivity contribution in [1.82, 2.24) is 0 Å². The highest BCUT2D eigenvalue weighted by molar-refractivity contribution is 5.69. The molecule has 0 rings (SSSR count). The highest BCUT2D eigenvalue weighted by atomic mass is 16.6. The van der Waals surface area contributed by atoms with Crippen molar-refractivity contribution in [3.63, 3.8) is 0 Å². The SMILES string of the molecule is CCCCCCCCCCCCCCCCCC(=O)OCCOCCOCCOCCOCCOCCOCCOCCOCCOCC(C)CC. The molecule has 0 fully saturated rings. The smallest absolute Gasteiger partial charge is 0.305 e. The number of rotatable bonds is 46. The molecule has 1 atom stereocenters. The summed E-state index contributed by atoms with van der Waals surface area (Å²) in [6.07, 6.45) is 21.4. The monoisotopic (exact) mass is 751 g/mol. The van der Waals surface area contributed by atoms with Crippen LogP contribution in [-0.4, -0.2) is 132 Å². The van der Waals surface area contributed by atoms with Gasteiger partial charge in [-0.3, -0.25) is 4.79 Å². The van der Waals surface area contributed by atoms with Crippen LogP contribution in [0.4, 0.5) is 0 Å². The molecule has 0 bridgehead atoms. The van der Waals surface area contributed by atoms with E-state index in [0.29, 0.717) is 131 Å². The maximum Gasteiger partial charge on any atom is 0.305 e. The lowest BCUT2D eigenvalue weighted by atomic mass is 10.0. The predicted molar refractivity (Wildman–Crippen MR) is 207 cm³/mol. The summed E-state index contributed by atoms with van der Waals surface area (Å²) in [5, 5.41) is 0. The lowest BCUT2D eigenvalue weighted by Gasteiger charge is -2.10. The van der Waals surface area contributed by atoms with Gasteiger partial charge in [0.25, 0.3) is 0 Å². The van der Waals surface area contributed by atoms with Crippen LogP contribution >= 0.6 is 0 Å². The summed E-state index contributed by atoms with van der Waals surface area (Å²) in [5.41, 5.74) is 0. The van der Waals surface area contributed by atoms with Crippen LogP contribution in [0.1, 0.15) is 130 Å². The third-order valence-electron chi connectivity index (χ3n) is 8.55. The van der Waals surface area contributed by atoms with Crippen molar-refractivity contribution >= 4 is 5.97 Å². The molecular weight excluding hydrogens is 668 g/mol. The van der Waals surface area contributed by atoms with Crippen molar-refractivity contribution in [2.24, 2.45) is 5.92 Å². The summed E-state index contributed by atoms with van der Waals surface area (Å²) < 4.78 is 54.7. The topological polar surface area (TPSA) is 109 Å². The zero-order valence-corrected chi connectivity index (χ0v) is 34.0. The second-order valence-electron chi connectivity index (χ2n) is 13.4. The van der Waals surface area contributed by atoms with E-state index >= 15 is 0 Å². The van der Waals surface area contributed by atoms with Crippen molar-refractivity contribution < 1.29 is 52.2 Å². The van der Waals surface area contributed by atoms with Gasteiger partial charge in [0.2, 0.25) is 0 Å². The lowest BCUT2D eigenvalue weighted by molar-refractivity contribution is -0.145. The minimum absolute atomic E-state index is 0.127. The number of unbranched alkanes of at least 4 members (excludes halogenated alkanes) is 14. The van der Waals surface area contributed by atoms with Crippen LogP contribution in [0, 0.1) is 5.92 Å². The molecule has 0 radical (unpaired) electrons. The molecule has 0 aliphatic heterocycles. The molecule has 0 aromatic heterocycles. The molecule has 0 aromatic carbocycles. The Balaban J connectivity index is 3.14. The van der Waals surface area contributed by atoms with E-state index < -0.39 is 0 Å². The second kappa shape index (κ2) is 46.3. The van der Waals surface area contributed by atoms with Crippen molar-refractivity contribution in [3.8, 4) is 0 Å². The molecule has 0 saturated carbocycles. The van der Waals surface area contributed by atoms with Gasteiger partial charge in [0, 0.05) is 13.0 Å². The van der Waals surface area contributed by atoms with E-state index in [9.17, 15) is 4.79 Å². The first-order valence-corrected chi connectivity index (χ1v) is 21.1. The first-order valence-electron chi connectivity index (χ1n) is 21.1. The summed E-state index contributed by atoms with van der Waals surface area (Å²) in [6.45, 7) is 16.5. The summed E-state index contributed by atoms with van der Waals surface area (Å²) in [4.78, 5) is 11.9. The Kier molecular flexibility index (Phi) is 45.5. The number of carbonyl (C=O) groups excluding carboxylic acids is 1. The average molecular weight is 751 g/mol. The molecule has 0 aromatic rings. The molecule has 0 heterocycles. The largest absolute Gasteiger partial charge is 0.463 e. The number of ether oxygens (including phenoxy) is 10. The summed E-state index contributed by atoms with van der Waals surface area (Å²) in [6, 6.07) is 0. The Morgan fingerprint density at radius 2 is 0.635 bits per heavy atom. The first kappa shape index (κ1) is 51.1. The molecule has 0 aliphatic rings. The molecule has 52 heavy (non-hydrogen) atoms. The van der Waals surface area contributed by atoms with Gasteiger partial charge in [-0.05, 0) is 12.3 Å². The van der Waals surface area contributed by atoms with E-state index in [1.54, 1.807) is 0 Å². The normalized spacial score (nSPS) is 12.1. The summed E-state index contributed by atoms with van der Waals surface area (Å²) >= 11 is 0. The maximum absolute atomic E-state index is 11.9. The molecule has 312 valence electrons.